The molecule has 5 amide bonds. The third-order valence-electron chi connectivity index (χ3n) is 22.1. The Kier molecular flexibility index (Phi) is 19.6. The SMILES string of the molecule is COCOc1cc(-c2ncc3c(N4CC5CCC(C4)N5C(=O)OC(C)(C)C)nc(OCC4(CN5CCN(CC6CCC7(CC6)CCN(C(=O)c6ccc(Cl)c(N8CCC(=O)N(C)C8=O)c6)CC7)CC5)CC4)nc3c2F)c2c(C#C[Si](C(C)C)(C(C)C)C(C)C)c(F)ccc2c1. The van der Waals surface area contributed by atoms with E-state index in [1.54, 1.807) is 42.6 Å². The Morgan fingerprint density at radius 1 is 0.811 bits per heavy atom. The van der Waals surface area contributed by atoms with Crippen LogP contribution in [0.2, 0.25) is 21.6 Å². The fourth-order valence-electron chi connectivity index (χ4n) is 16.6. The van der Waals surface area contributed by atoms with Crippen LogP contribution < -0.4 is 19.3 Å². The van der Waals surface area contributed by atoms with Crippen LogP contribution in [0.1, 0.15) is 149 Å². The van der Waals surface area contributed by atoms with Gasteiger partial charge in [0, 0.05) is 121 Å². The predicted octanol–water partition coefficient (Wildman–Crippen LogP) is 13.6. The van der Waals surface area contributed by atoms with Gasteiger partial charge in [-0.15, -0.1) is 5.54 Å². The first-order valence-electron chi connectivity index (χ1n) is 34.6. The zero-order valence-electron chi connectivity index (χ0n) is 57.4. The first-order chi connectivity index (χ1) is 45.3. The average molecular weight is 1340 g/mol. The molecule has 1 spiro atoms. The van der Waals surface area contributed by atoms with E-state index in [1.165, 1.54) is 50.8 Å². The lowest BCUT2D eigenvalue weighted by Gasteiger charge is -2.47. The van der Waals surface area contributed by atoms with Crippen LogP contribution in [0.5, 0.6) is 11.8 Å². The molecule has 2 bridgehead atoms. The predicted molar refractivity (Wildman–Crippen MR) is 369 cm³/mol. The van der Waals surface area contributed by atoms with Crippen LogP contribution in [0.15, 0.2) is 48.7 Å². The number of imide groups is 1. The number of hydrogen-bond acceptors (Lipinski definition) is 14. The summed E-state index contributed by atoms with van der Waals surface area (Å²) in [5.41, 5.74) is 5.46. The molecule has 5 aliphatic heterocycles. The highest BCUT2D eigenvalue weighted by molar-refractivity contribution is 6.90. The third kappa shape index (κ3) is 14.0. The molecule has 0 N–H and O–H groups in total. The number of rotatable bonds is 17. The molecule has 22 heteroatoms. The fraction of sp³-hybridized carbons (Fsp3) is 0.603. The maximum Gasteiger partial charge on any atom is 0.410 e. The number of ether oxygens (including phenoxy) is 4. The van der Waals surface area contributed by atoms with Crippen molar-refractivity contribution < 1.29 is 46.9 Å². The molecule has 5 aromatic rings. The van der Waals surface area contributed by atoms with Gasteiger partial charge >= 0.3 is 18.1 Å². The summed E-state index contributed by atoms with van der Waals surface area (Å²) < 4.78 is 58.9. The third-order valence-corrected chi connectivity index (χ3v) is 28.8. The lowest BCUT2D eigenvalue weighted by atomic mass is 9.65. The smallest absolute Gasteiger partial charge is 0.410 e. The van der Waals surface area contributed by atoms with Gasteiger partial charge in [-0.1, -0.05) is 65.1 Å². The lowest BCUT2D eigenvalue weighted by Crippen LogP contribution is -2.57. The van der Waals surface area contributed by atoms with Crippen molar-refractivity contribution in [3.05, 3.63) is 76.4 Å². The van der Waals surface area contributed by atoms with Crippen LogP contribution in [-0.4, -0.2) is 189 Å². The van der Waals surface area contributed by atoms with Crippen LogP contribution >= 0.6 is 11.6 Å². The van der Waals surface area contributed by atoms with Gasteiger partial charge in [-0.05, 0) is 155 Å². The molecule has 2 aliphatic carbocycles. The summed E-state index contributed by atoms with van der Waals surface area (Å²) in [7, 11) is 0.632. The summed E-state index contributed by atoms with van der Waals surface area (Å²) in [4.78, 5) is 81.4. The summed E-state index contributed by atoms with van der Waals surface area (Å²) in [5.74, 6) is 3.35. The Morgan fingerprint density at radius 2 is 1.48 bits per heavy atom. The molecule has 2 atom stereocenters. The van der Waals surface area contributed by atoms with E-state index in [-0.39, 0.29) is 83.4 Å². The van der Waals surface area contributed by atoms with Crippen molar-refractivity contribution in [2.24, 2.45) is 16.7 Å². The fourth-order valence-corrected chi connectivity index (χ4v) is 22.1. The topological polar surface area (TPSA) is 167 Å². The Labute approximate surface area is 564 Å². The Hall–Kier alpha value is -6.70. The van der Waals surface area contributed by atoms with Gasteiger partial charge in [0.1, 0.15) is 42.3 Å². The minimum Gasteiger partial charge on any atom is -0.468 e. The van der Waals surface area contributed by atoms with E-state index < -0.39 is 31.3 Å². The summed E-state index contributed by atoms with van der Waals surface area (Å²) >= 11 is 6.56. The molecule has 7 heterocycles. The highest BCUT2D eigenvalue weighted by atomic mass is 35.5. The lowest BCUT2D eigenvalue weighted by molar-refractivity contribution is -0.127. The van der Waals surface area contributed by atoms with Gasteiger partial charge < -0.3 is 38.5 Å². The zero-order chi connectivity index (χ0) is 67.5. The molecule has 7 aliphatic rings. The van der Waals surface area contributed by atoms with Crippen LogP contribution in [0, 0.1) is 39.8 Å². The molecule has 95 heavy (non-hydrogen) atoms. The van der Waals surface area contributed by atoms with Gasteiger partial charge in [0.15, 0.2) is 12.6 Å². The number of benzene rings is 3. The largest absolute Gasteiger partial charge is 0.468 e. The van der Waals surface area contributed by atoms with Crippen molar-refractivity contribution >= 4 is 76.8 Å². The Bertz CT molecular complexity index is 3770. The second-order valence-corrected chi connectivity index (χ2v) is 36.3. The minimum atomic E-state index is -2.36. The summed E-state index contributed by atoms with van der Waals surface area (Å²) in [6, 6.07) is 10.9. The maximum absolute atomic E-state index is 18.3. The molecule has 0 radical (unpaired) electrons. The molecule has 7 fully saturated rings. The van der Waals surface area contributed by atoms with Crippen LogP contribution in [0.4, 0.5) is 29.9 Å². The van der Waals surface area contributed by atoms with Crippen molar-refractivity contribution in [3.8, 4) is 34.5 Å². The number of anilines is 2. The number of carbonyl (C=O) groups is 4. The quantitative estimate of drug-likeness (QED) is 0.0490. The number of piperidine rings is 1. The molecule has 18 nitrogen and oxygen atoms in total. The Balaban J connectivity index is 0.733. The van der Waals surface area contributed by atoms with Crippen molar-refractivity contribution in [1.82, 2.24) is 39.5 Å². The summed E-state index contributed by atoms with van der Waals surface area (Å²) in [5, 5.41) is 1.78. The number of likely N-dealkylation sites (tertiary alicyclic amines) is 1. The standard InChI is InChI=1S/C73H95ClF2N10O8Si/c1-46(2)95(47(3)4,48(5)6)35-21-55-59(75)17-13-50-36-54(93-45-91-11)38-56(62(50)55)64-63(76)65-57(39-77-64)66(84-41-52-14-15-53(42-84)86(52)70(90)94-71(7,8)9)79-68(78-65)92-44-73(24-25-73)43-82-33-31-81(32-34-82)40-49-18-22-72(23-19-49)26-29-83(30-27-72)67(88)51-12-16-58(74)60(37-51)85-28-20-61(87)80(10)69(85)89/h12-13,16-17,36-39,46-49,52-53H,14-15,18-20,22-34,40-45H2,1-11H3. The number of fused-ring (bicyclic) bond motifs is 4. The number of halogens is 3. The molecule has 5 saturated heterocycles. The van der Waals surface area contributed by atoms with E-state index in [0.717, 1.165) is 82.7 Å². The molecule has 2 unspecified atom stereocenters. The molecule has 12 rings (SSSR count). The monoisotopic (exact) mass is 1340 g/mol. The van der Waals surface area contributed by atoms with Crippen molar-refractivity contribution in [3.63, 3.8) is 0 Å². The van der Waals surface area contributed by atoms with Crippen LogP contribution in [0.25, 0.3) is 32.9 Å². The number of methoxy groups -OCH3 is 1. The number of nitrogens with zero attached hydrogens (tertiary/aromatic N) is 10. The molecule has 2 saturated carbocycles. The van der Waals surface area contributed by atoms with E-state index in [4.69, 9.17) is 45.5 Å². The van der Waals surface area contributed by atoms with Gasteiger partial charge in [0.2, 0.25) is 5.91 Å². The average Bonchev–Trinajstić information content (AvgIpc) is 1.10. The first kappa shape index (κ1) is 68.2. The number of amides is 5. The van der Waals surface area contributed by atoms with E-state index in [2.05, 4.69) is 67.7 Å². The summed E-state index contributed by atoms with van der Waals surface area (Å²) in [6.45, 7) is 27.5. The summed E-state index contributed by atoms with van der Waals surface area (Å²) in [6.07, 6.45) is 11.6. The highest BCUT2D eigenvalue weighted by Gasteiger charge is 2.48. The second-order valence-electron chi connectivity index (χ2n) is 30.3. The van der Waals surface area contributed by atoms with Gasteiger partial charge in [0.05, 0.1) is 40.4 Å². The normalized spacial score (nSPS) is 21.2. The molecular weight excluding hydrogens is 1250 g/mol. The molecule has 510 valence electrons. The minimum absolute atomic E-state index is 0.0168. The first-order valence-corrected chi connectivity index (χ1v) is 37.2. The van der Waals surface area contributed by atoms with Gasteiger partial charge in [-0.25, -0.2) is 18.4 Å². The van der Waals surface area contributed by atoms with E-state index in [9.17, 15) is 19.2 Å². The van der Waals surface area contributed by atoms with Crippen molar-refractivity contribution in [2.75, 3.05) is 109 Å². The van der Waals surface area contributed by atoms with Gasteiger partial charge in [-0.3, -0.25) is 29.3 Å². The Morgan fingerprint density at radius 3 is 2.13 bits per heavy atom. The molecule has 2 aromatic heterocycles. The zero-order valence-corrected chi connectivity index (χ0v) is 59.2. The van der Waals surface area contributed by atoms with Crippen LogP contribution in [-0.2, 0) is 14.3 Å². The maximum atomic E-state index is 18.3. The van der Waals surface area contributed by atoms with Crippen LogP contribution in [0.3, 0.4) is 0 Å². The second kappa shape index (κ2) is 27.3. The number of carbonyl (C=O) groups excluding carboxylic acids is 4. The van der Waals surface area contributed by atoms with E-state index in [0.29, 0.717) is 105 Å². The van der Waals surface area contributed by atoms with E-state index >= 15 is 8.78 Å². The molecular formula is C73H95ClF2N10O8Si. The van der Waals surface area contributed by atoms with Gasteiger partial charge in [-0.2, -0.15) is 9.97 Å². The van der Waals surface area contributed by atoms with Crippen molar-refractivity contribution in [2.45, 2.75) is 167 Å². The number of hydrogen-bond donors (Lipinski definition) is 0. The van der Waals surface area contributed by atoms with Crippen molar-refractivity contribution in [1.29, 1.82) is 0 Å². The van der Waals surface area contributed by atoms with E-state index in [1.807, 2.05) is 30.6 Å². The number of pyridine rings is 1. The number of urea groups is 1. The molecule has 3 aromatic carbocycles. The van der Waals surface area contributed by atoms with Gasteiger partial charge in [0.25, 0.3) is 5.91 Å². The highest BCUT2D eigenvalue weighted by Crippen LogP contribution is 2.50. The number of aromatic nitrogens is 3. The number of piperazine rings is 2.